The van der Waals surface area contributed by atoms with Crippen LogP contribution in [-0.4, -0.2) is 56.0 Å². The molecule has 126 valence electrons. The molecule has 2 atom stereocenters. The second-order valence-electron chi connectivity index (χ2n) is 5.96. The molecule has 1 aromatic carbocycles. The van der Waals surface area contributed by atoms with E-state index in [1.54, 1.807) is 24.3 Å². The van der Waals surface area contributed by atoms with Crippen LogP contribution in [0.3, 0.4) is 0 Å². The van der Waals surface area contributed by atoms with Gasteiger partial charge in [-0.15, -0.1) is 0 Å². The Labute approximate surface area is 136 Å². The molecule has 1 amide bonds. The minimum absolute atomic E-state index is 0.0512. The van der Waals surface area contributed by atoms with Gasteiger partial charge in [0.05, 0.1) is 17.9 Å². The molecule has 24 heavy (non-hydrogen) atoms. The van der Waals surface area contributed by atoms with Crippen LogP contribution in [0.4, 0.5) is 0 Å². The third-order valence-corrected chi connectivity index (χ3v) is 4.29. The highest BCUT2D eigenvalue weighted by atomic mass is 16.4. The van der Waals surface area contributed by atoms with Gasteiger partial charge in [0.2, 0.25) is 0 Å². The van der Waals surface area contributed by atoms with Gasteiger partial charge >= 0.3 is 5.97 Å². The zero-order chi connectivity index (χ0) is 17.4. The Morgan fingerprint density at radius 2 is 1.92 bits per heavy atom. The second kappa shape index (κ2) is 6.04. The van der Waals surface area contributed by atoms with Crippen molar-refractivity contribution in [2.45, 2.75) is 12.5 Å². The van der Waals surface area contributed by atoms with Gasteiger partial charge in [-0.1, -0.05) is 18.2 Å². The Morgan fingerprint density at radius 3 is 2.58 bits per heavy atom. The van der Waals surface area contributed by atoms with E-state index in [4.69, 9.17) is 5.11 Å². The van der Waals surface area contributed by atoms with Gasteiger partial charge in [0.25, 0.3) is 11.5 Å². The van der Waals surface area contributed by atoms with E-state index in [1.165, 1.54) is 11.9 Å². The van der Waals surface area contributed by atoms with Crippen molar-refractivity contribution in [3.63, 3.8) is 0 Å². The lowest BCUT2D eigenvalue weighted by atomic mass is 10.0. The first kappa shape index (κ1) is 16.1. The molecule has 2 aromatic rings. The van der Waals surface area contributed by atoms with E-state index in [9.17, 15) is 19.5 Å². The van der Waals surface area contributed by atoms with Crippen LogP contribution in [0.25, 0.3) is 10.8 Å². The van der Waals surface area contributed by atoms with Crippen LogP contribution in [0.5, 0.6) is 0 Å². The molecule has 0 spiro atoms. The number of likely N-dealkylation sites (tertiary alicyclic amines) is 1. The number of aromatic nitrogens is 2. The molecule has 2 N–H and O–H groups in total. The summed E-state index contributed by atoms with van der Waals surface area (Å²) in [6.07, 6.45) is -1.09. The number of aliphatic hydroxyl groups excluding tert-OH is 1. The number of aliphatic carboxylic acids is 1. The highest BCUT2D eigenvalue weighted by molar-refractivity contribution is 6.04. The van der Waals surface area contributed by atoms with E-state index in [1.807, 2.05) is 0 Å². The smallest absolute Gasteiger partial charge is 0.303 e. The highest BCUT2D eigenvalue weighted by Gasteiger charge is 2.36. The van der Waals surface area contributed by atoms with E-state index >= 15 is 0 Å². The number of aryl methyl sites for hydroxylation is 1. The summed E-state index contributed by atoms with van der Waals surface area (Å²) in [6, 6.07) is 6.70. The fourth-order valence-corrected chi connectivity index (χ4v) is 3.05. The first-order valence-corrected chi connectivity index (χ1v) is 7.53. The number of benzene rings is 1. The van der Waals surface area contributed by atoms with E-state index in [0.717, 1.165) is 4.68 Å². The molecule has 0 aliphatic carbocycles. The number of carbonyl (C=O) groups is 2. The SMILES string of the molecule is Cn1nc(C(=O)N2C[C@@H](CC(=O)O)[C@H](O)C2)c2ccccc2c1=O. The molecule has 0 unspecified atom stereocenters. The van der Waals surface area contributed by atoms with Crippen LogP contribution in [0.15, 0.2) is 29.1 Å². The molecule has 8 nitrogen and oxygen atoms in total. The lowest BCUT2D eigenvalue weighted by molar-refractivity contribution is -0.138. The van der Waals surface area contributed by atoms with Gasteiger partial charge in [-0.3, -0.25) is 14.4 Å². The Morgan fingerprint density at radius 1 is 1.25 bits per heavy atom. The van der Waals surface area contributed by atoms with Gasteiger partial charge in [-0.25, -0.2) is 4.68 Å². The first-order valence-electron chi connectivity index (χ1n) is 7.53. The Kier molecular flexibility index (Phi) is 4.06. The molecule has 1 saturated heterocycles. The van der Waals surface area contributed by atoms with Crippen molar-refractivity contribution in [3.8, 4) is 0 Å². The van der Waals surface area contributed by atoms with E-state index < -0.39 is 23.9 Å². The highest BCUT2D eigenvalue weighted by Crippen LogP contribution is 2.23. The molecule has 0 radical (unpaired) electrons. The minimum Gasteiger partial charge on any atom is -0.481 e. The third-order valence-electron chi connectivity index (χ3n) is 4.29. The van der Waals surface area contributed by atoms with Gasteiger partial charge in [0.15, 0.2) is 5.69 Å². The Balaban J connectivity index is 1.97. The molecule has 1 aliphatic heterocycles. The number of nitrogens with zero attached hydrogens (tertiary/aromatic N) is 3. The fraction of sp³-hybridized carbons (Fsp3) is 0.375. The number of hydrogen-bond acceptors (Lipinski definition) is 5. The number of amides is 1. The van der Waals surface area contributed by atoms with Gasteiger partial charge in [-0.2, -0.15) is 5.10 Å². The summed E-state index contributed by atoms with van der Waals surface area (Å²) in [5.74, 6) is -1.95. The van der Waals surface area contributed by atoms with E-state index in [-0.39, 0.29) is 30.8 Å². The predicted molar refractivity (Wildman–Crippen MR) is 84.6 cm³/mol. The van der Waals surface area contributed by atoms with Crippen molar-refractivity contribution in [1.82, 2.24) is 14.7 Å². The van der Waals surface area contributed by atoms with Crippen LogP contribution in [0.2, 0.25) is 0 Å². The van der Waals surface area contributed by atoms with Crippen LogP contribution >= 0.6 is 0 Å². The summed E-state index contributed by atoms with van der Waals surface area (Å²) in [4.78, 5) is 37.1. The molecule has 1 aliphatic rings. The molecule has 3 rings (SSSR count). The summed E-state index contributed by atoms with van der Waals surface area (Å²) >= 11 is 0. The monoisotopic (exact) mass is 331 g/mol. The Hall–Kier alpha value is -2.74. The number of carbonyl (C=O) groups excluding carboxylic acids is 1. The Bertz CT molecular complexity index is 876. The molecule has 0 bridgehead atoms. The maximum absolute atomic E-state index is 12.8. The van der Waals surface area contributed by atoms with Crippen LogP contribution in [-0.2, 0) is 11.8 Å². The predicted octanol–water partition coefficient (Wildman–Crippen LogP) is -0.159. The second-order valence-corrected chi connectivity index (χ2v) is 5.96. The first-order chi connectivity index (χ1) is 11.4. The van der Waals surface area contributed by atoms with Crippen molar-refractivity contribution in [1.29, 1.82) is 0 Å². The summed E-state index contributed by atoms with van der Waals surface area (Å²) in [5.41, 5.74) is -0.178. The number of hydrogen-bond donors (Lipinski definition) is 2. The normalized spacial score (nSPS) is 20.5. The summed E-state index contributed by atoms with van der Waals surface area (Å²) in [7, 11) is 1.47. The molecule has 1 fully saturated rings. The summed E-state index contributed by atoms with van der Waals surface area (Å²) in [6.45, 7) is 0.195. The number of aliphatic hydroxyl groups is 1. The summed E-state index contributed by atoms with van der Waals surface area (Å²) in [5, 5.41) is 23.8. The van der Waals surface area contributed by atoms with Gasteiger partial charge in [0, 0.05) is 31.4 Å². The zero-order valence-electron chi connectivity index (χ0n) is 13.0. The van der Waals surface area contributed by atoms with Crippen LogP contribution in [0, 0.1) is 5.92 Å². The maximum Gasteiger partial charge on any atom is 0.303 e. The van der Waals surface area contributed by atoms with Crippen LogP contribution < -0.4 is 5.56 Å². The molecule has 1 aromatic heterocycles. The number of carboxylic acids is 1. The topological polar surface area (TPSA) is 113 Å². The lowest BCUT2D eigenvalue weighted by Gasteiger charge is -2.16. The lowest BCUT2D eigenvalue weighted by Crippen LogP contribution is -2.33. The number of fused-ring (bicyclic) bond motifs is 1. The standard InChI is InChI=1S/C16H17N3O5/c1-18-15(23)11-5-3-2-4-10(11)14(17-18)16(24)19-7-9(6-13(21)22)12(20)8-19/h2-5,9,12,20H,6-8H2,1H3,(H,21,22)/t9-,12-/m1/s1. The molecule has 2 heterocycles. The summed E-state index contributed by atoms with van der Waals surface area (Å²) < 4.78 is 1.11. The minimum atomic E-state index is -1.01. The number of rotatable bonds is 3. The quantitative estimate of drug-likeness (QED) is 0.808. The van der Waals surface area contributed by atoms with Gasteiger partial charge in [-0.05, 0) is 6.07 Å². The molecular formula is C16H17N3O5. The number of carboxylic acid groups (broad SMARTS) is 1. The van der Waals surface area contributed by atoms with Crippen molar-refractivity contribution < 1.29 is 19.8 Å². The third kappa shape index (κ3) is 2.76. The van der Waals surface area contributed by atoms with Gasteiger partial charge in [0.1, 0.15) is 0 Å². The average molecular weight is 331 g/mol. The van der Waals surface area contributed by atoms with E-state index in [0.29, 0.717) is 10.8 Å². The van der Waals surface area contributed by atoms with Crippen molar-refractivity contribution >= 4 is 22.6 Å². The molecular weight excluding hydrogens is 314 g/mol. The average Bonchev–Trinajstić information content (AvgIpc) is 2.90. The van der Waals surface area contributed by atoms with Crippen molar-refractivity contribution in [3.05, 3.63) is 40.3 Å². The van der Waals surface area contributed by atoms with Crippen molar-refractivity contribution in [2.24, 2.45) is 13.0 Å². The van der Waals surface area contributed by atoms with Crippen molar-refractivity contribution in [2.75, 3.05) is 13.1 Å². The van der Waals surface area contributed by atoms with E-state index in [2.05, 4.69) is 5.10 Å². The molecule has 0 saturated carbocycles. The largest absolute Gasteiger partial charge is 0.481 e. The maximum atomic E-state index is 12.8. The van der Waals surface area contributed by atoms with Crippen LogP contribution in [0.1, 0.15) is 16.9 Å². The van der Waals surface area contributed by atoms with Gasteiger partial charge < -0.3 is 15.1 Å². The zero-order valence-corrected chi connectivity index (χ0v) is 13.0. The molecule has 8 heteroatoms. The fourth-order valence-electron chi connectivity index (χ4n) is 3.05. The number of β-amino-alcohol motifs (C(OH)–C–C–N with tert-alkyl or cyclic N) is 1.